The number of rotatable bonds is 9. The van der Waals surface area contributed by atoms with Gasteiger partial charge in [-0.15, -0.1) is 0 Å². The van der Waals surface area contributed by atoms with E-state index in [9.17, 15) is 21.6 Å². The Morgan fingerprint density at radius 2 is 1.77 bits per heavy atom. The molecule has 0 aliphatic heterocycles. The lowest BCUT2D eigenvalue weighted by atomic mass is 10.0. The lowest BCUT2D eigenvalue weighted by Crippen LogP contribution is -2.43. The third-order valence-corrected chi connectivity index (χ3v) is 7.89. The fourth-order valence-electron chi connectivity index (χ4n) is 3.17. The van der Waals surface area contributed by atoms with Gasteiger partial charge in [0.1, 0.15) is 29.0 Å². The zero-order chi connectivity index (χ0) is 26.1. The van der Waals surface area contributed by atoms with Gasteiger partial charge in [-0.05, 0) is 70.6 Å². The van der Waals surface area contributed by atoms with Crippen LogP contribution in [0.5, 0.6) is 0 Å². The van der Waals surface area contributed by atoms with Crippen LogP contribution >= 0.6 is 22.6 Å². The molecule has 0 spiro atoms. The highest BCUT2D eigenvalue weighted by molar-refractivity contribution is 14.1. The summed E-state index contributed by atoms with van der Waals surface area (Å²) in [6.45, 7) is 0. The highest BCUT2D eigenvalue weighted by Crippen LogP contribution is 2.31. The molecule has 1 amide bonds. The SMILES string of the molecule is CN(C)S(=O)(=O)NC(=O)C(Nc1ccc(C(=N)N)cc1)c1cc(I)c2oc(CS(C)(=O)=O)cc2c1. The first-order valence-corrected chi connectivity index (χ1v) is 14.6. The van der Waals surface area contributed by atoms with E-state index >= 15 is 0 Å². The van der Waals surface area contributed by atoms with Crippen LogP contribution in [0.15, 0.2) is 46.9 Å². The summed E-state index contributed by atoms with van der Waals surface area (Å²) < 4.78 is 57.2. The highest BCUT2D eigenvalue weighted by atomic mass is 127. The number of amidine groups is 1. The standard InChI is InChI=1S/C21H24IN5O6S2/c1-27(2)35(31,32)26-21(28)18(25-15-6-4-12(5-7-15)20(23)24)13-8-14-9-16(11-34(3,29)30)33-19(14)17(22)10-13/h4-10,18,25H,11H2,1-3H3,(H3,23,24)(H,26,28). The minimum Gasteiger partial charge on any atom is -0.459 e. The number of nitrogen functional groups attached to an aromatic ring is 1. The van der Waals surface area contributed by atoms with Crippen LogP contribution in [0.4, 0.5) is 5.69 Å². The number of fused-ring (bicyclic) bond motifs is 1. The molecule has 0 aliphatic carbocycles. The van der Waals surface area contributed by atoms with Gasteiger partial charge in [-0.3, -0.25) is 10.2 Å². The second kappa shape index (κ2) is 10.1. The number of hydrogen-bond acceptors (Lipinski definition) is 8. The summed E-state index contributed by atoms with van der Waals surface area (Å²) in [6, 6.07) is 10.1. The van der Waals surface area contributed by atoms with Crippen LogP contribution in [0.25, 0.3) is 11.0 Å². The molecule has 3 aromatic rings. The maximum absolute atomic E-state index is 13.1. The maximum Gasteiger partial charge on any atom is 0.303 e. The molecule has 14 heteroatoms. The smallest absolute Gasteiger partial charge is 0.303 e. The van der Waals surface area contributed by atoms with Crippen LogP contribution in [0.1, 0.15) is 22.9 Å². The first kappa shape index (κ1) is 26.9. The van der Waals surface area contributed by atoms with E-state index in [1.54, 1.807) is 42.5 Å². The predicted molar refractivity (Wildman–Crippen MR) is 142 cm³/mol. The zero-order valence-electron chi connectivity index (χ0n) is 19.0. The topological polar surface area (TPSA) is 176 Å². The van der Waals surface area contributed by atoms with Crippen LogP contribution in [-0.4, -0.2) is 53.2 Å². The van der Waals surface area contributed by atoms with Crippen molar-refractivity contribution in [3.63, 3.8) is 0 Å². The normalized spacial score (nSPS) is 13.1. The summed E-state index contributed by atoms with van der Waals surface area (Å²) in [5.74, 6) is -0.975. The molecule has 0 saturated carbocycles. The van der Waals surface area contributed by atoms with Gasteiger partial charge < -0.3 is 15.5 Å². The van der Waals surface area contributed by atoms with E-state index in [4.69, 9.17) is 15.6 Å². The van der Waals surface area contributed by atoms with E-state index in [-0.39, 0.29) is 17.3 Å². The number of hydrogen-bond donors (Lipinski definition) is 4. The Hall–Kier alpha value is -2.69. The van der Waals surface area contributed by atoms with Crippen LogP contribution < -0.4 is 15.8 Å². The number of anilines is 1. The van der Waals surface area contributed by atoms with Crippen molar-refractivity contribution in [1.82, 2.24) is 9.03 Å². The molecular weight excluding hydrogens is 609 g/mol. The Morgan fingerprint density at radius 3 is 2.31 bits per heavy atom. The molecule has 11 nitrogen and oxygen atoms in total. The molecule has 1 unspecified atom stereocenters. The number of carbonyl (C=O) groups is 1. The third kappa shape index (κ3) is 6.71. The summed E-state index contributed by atoms with van der Waals surface area (Å²) >= 11 is 2.01. The second-order valence-corrected chi connectivity index (χ2v) is 13.2. The number of benzene rings is 2. The van der Waals surface area contributed by atoms with E-state index in [1.807, 2.05) is 27.3 Å². The van der Waals surface area contributed by atoms with Gasteiger partial charge in [-0.1, -0.05) is 0 Å². The van der Waals surface area contributed by atoms with E-state index in [1.165, 1.54) is 14.1 Å². The predicted octanol–water partition coefficient (Wildman–Crippen LogP) is 1.94. The van der Waals surface area contributed by atoms with Crippen LogP contribution in [0.2, 0.25) is 0 Å². The third-order valence-electron chi connectivity index (χ3n) is 4.86. The lowest BCUT2D eigenvalue weighted by molar-refractivity contribution is -0.120. The van der Waals surface area contributed by atoms with Crippen molar-refractivity contribution in [2.75, 3.05) is 25.7 Å². The molecule has 1 atom stereocenters. The summed E-state index contributed by atoms with van der Waals surface area (Å²) in [7, 11) is -4.80. The van der Waals surface area contributed by atoms with Gasteiger partial charge in [0, 0.05) is 37.0 Å². The summed E-state index contributed by atoms with van der Waals surface area (Å²) in [4.78, 5) is 13.1. The second-order valence-electron chi connectivity index (χ2n) is 8.03. The molecule has 3 rings (SSSR count). The zero-order valence-corrected chi connectivity index (χ0v) is 22.8. The Morgan fingerprint density at radius 1 is 1.14 bits per heavy atom. The molecule has 2 aromatic carbocycles. The Kier molecular flexibility index (Phi) is 7.78. The number of nitrogens with two attached hydrogens (primary N) is 1. The van der Waals surface area contributed by atoms with E-state index in [2.05, 4.69) is 5.32 Å². The lowest BCUT2D eigenvalue weighted by Gasteiger charge is -2.22. The van der Waals surface area contributed by atoms with Gasteiger partial charge in [-0.25, -0.2) is 13.1 Å². The number of halogens is 1. The molecule has 0 saturated heterocycles. The van der Waals surface area contributed by atoms with Gasteiger partial charge in [0.25, 0.3) is 5.91 Å². The first-order valence-electron chi connectivity index (χ1n) is 10.0. The molecule has 0 radical (unpaired) electrons. The quantitative estimate of drug-likeness (QED) is 0.157. The molecule has 1 aromatic heterocycles. The Labute approximate surface area is 216 Å². The average Bonchev–Trinajstić information content (AvgIpc) is 3.12. The van der Waals surface area contributed by atoms with E-state index < -0.39 is 32.0 Å². The van der Waals surface area contributed by atoms with Gasteiger partial charge in [-0.2, -0.15) is 12.7 Å². The maximum atomic E-state index is 13.1. The fourth-order valence-corrected chi connectivity index (χ4v) is 5.17. The van der Waals surface area contributed by atoms with Gasteiger partial charge >= 0.3 is 10.2 Å². The number of furan rings is 1. The molecule has 188 valence electrons. The molecule has 0 fully saturated rings. The Bertz CT molecular complexity index is 1500. The molecule has 0 bridgehead atoms. The number of carbonyl (C=O) groups excluding carboxylic acids is 1. The van der Waals surface area contributed by atoms with Crippen molar-refractivity contribution in [2.24, 2.45) is 5.73 Å². The van der Waals surface area contributed by atoms with E-state index in [0.29, 0.717) is 31.4 Å². The van der Waals surface area contributed by atoms with Crippen molar-refractivity contribution >= 4 is 71.0 Å². The molecule has 5 N–H and O–H groups in total. The van der Waals surface area contributed by atoms with Crippen LogP contribution in [-0.2, 0) is 30.6 Å². The molecule has 1 heterocycles. The van der Waals surface area contributed by atoms with Crippen LogP contribution in [0, 0.1) is 8.98 Å². The number of nitrogens with zero attached hydrogens (tertiary/aromatic N) is 1. The summed E-state index contributed by atoms with van der Waals surface area (Å²) in [5.41, 5.74) is 7.35. The van der Waals surface area contributed by atoms with Gasteiger partial charge in [0.15, 0.2) is 9.84 Å². The van der Waals surface area contributed by atoms with Crippen molar-refractivity contribution in [1.29, 1.82) is 5.41 Å². The molecular formula is C21H24IN5O6S2. The minimum atomic E-state index is -4.07. The van der Waals surface area contributed by atoms with Crippen LogP contribution in [0.3, 0.4) is 0 Å². The fraction of sp³-hybridized carbons (Fsp3) is 0.238. The minimum absolute atomic E-state index is 0.118. The van der Waals surface area contributed by atoms with Crippen molar-refractivity contribution < 1.29 is 26.0 Å². The highest BCUT2D eigenvalue weighted by Gasteiger charge is 2.27. The van der Waals surface area contributed by atoms with Gasteiger partial charge in [0.05, 0.1) is 3.57 Å². The number of amides is 1. The molecule has 35 heavy (non-hydrogen) atoms. The number of sulfone groups is 1. The average molecular weight is 633 g/mol. The number of nitrogens with one attached hydrogen (secondary N) is 3. The van der Waals surface area contributed by atoms with Crippen molar-refractivity contribution in [2.45, 2.75) is 11.8 Å². The van der Waals surface area contributed by atoms with Crippen molar-refractivity contribution in [3.05, 3.63) is 62.9 Å². The van der Waals surface area contributed by atoms with Crippen molar-refractivity contribution in [3.8, 4) is 0 Å². The Balaban J connectivity index is 2.06. The largest absolute Gasteiger partial charge is 0.459 e. The van der Waals surface area contributed by atoms with E-state index in [0.717, 1.165) is 10.6 Å². The first-order chi connectivity index (χ1) is 16.2. The molecule has 0 aliphatic rings. The van der Waals surface area contributed by atoms with Gasteiger partial charge in [0.2, 0.25) is 0 Å². The summed E-state index contributed by atoms with van der Waals surface area (Å²) in [5, 5.41) is 11.1. The summed E-state index contributed by atoms with van der Waals surface area (Å²) in [6.07, 6.45) is 1.10. The monoisotopic (exact) mass is 633 g/mol.